The van der Waals surface area contributed by atoms with Crippen LogP contribution in [0.4, 0.5) is 0 Å². The molecule has 0 radical (unpaired) electrons. The van der Waals surface area contributed by atoms with Crippen molar-refractivity contribution in [1.29, 1.82) is 0 Å². The highest BCUT2D eigenvalue weighted by Crippen LogP contribution is 2.29. The van der Waals surface area contributed by atoms with Gasteiger partial charge in [0.05, 0.1) is 0 Å². The van der Waals surface area contributed by atoms with Crippen LogP contribution in [0.25, 0.3) is 10.8 Å². The molecular weight excluding hydrogens is 342 g/mol. The van der Waals surface area contributed by atoms with Gasteiger partial charge in [-0.05, 0) is 35.2 Å². The zero-order chi connectivity index (χ0) is 18.8. The SMILES string of the molecule is O=C(CCN1C(=O)c2cccc3cccc(c23)C1=O)NCc1ccncc1. The van der Waals surface area contributed by atoms with Gasteiger partial charge in [0.2, 0.25) is 5.91 Å². The van der Waals surface area contributed by atoms with E-state index in [0.717, 1.165) is 15.8 Å². The fourth-order valence-corrected chi connectivity index (χ4v) is 3.29. The topological polar surface area (TPSA) is 79.4 Å². The lowest BCUT2D eigenvalue weighted by Gasteiger charge is -2.27. The summed E-state index contributed by atoms with van der Waals surface area (Å²) in [6, 6.07) is 14.4. The van der Waals surface area contributed by atoms with Gasteiger partial charge in [0.1, 0.15) is 0 Å². The summed E-state index contributed by atoms with van der Waals surface area (Å²) in [5, 5.41) is 4.34. The van der Waals surface area contributed by atoms with Crippen LogP contribution in [0.3, 0.4) is 0 Å². The van der Waals surface area contributed by atoms with Crippen LogP contribution in [0, 0.1) is 0 Å². The first-order valence-corrected chi connectivity index (χ1v) is 8.68. The zero-order valence-corrected chi connectivity index (χ0v) is 14.5. The second-order valence-electron chi connectivity index (χ2n) is 6.35. The van der Waals surface area contributed by atoms with E-state index in [9.17, 15) is 14.4 Å². The molecule has 1 aromatic heterocycles. The van der Waals surface area contributed by atoms with E-state index in [2.05, 4.69) is 10.3 Å². The molecular formula is C21H17N3O3. The number of hydrogen-bond donors (Lipinski definition) is 1. The van der Waals surface area contributed by atoms with Crippen LogP contribution in [0.15, 0.2) is 60.9 Å². The Morgan fingerprint density at radius 3 is 2.19 bits per heavy atom. The van der Waals surface area contributed by atoms with Crippen molar-refractivity contribution in [2.75, 3.05) is 6.54 Å². The van der Waals surface area contributed by atoms with Gasteiger partial charge >= 0.3 is 0 Å². The molecule has 3 amide bonds. The zero-order valence-electron chi connectivity index (χ0n) is 14.5. The molecule has 0 fully saturated rings. The Balaban J connectivity index is 1.46. The van der Waals surface area contributed by atoms with Crippen LogP contribution in [-0.2, 0) is 11.3 Å². The molecule has 1 aliphatic rings. The molecule has 0 saturated carbocycles. The quantitative estimate of drug-likeness (QED) is 0.710. The van der Waals surface area contributed by atoms with Crippen molar-refractivity contribution in [2.24, 2.45) is 0 Å². The molecule has 0 aliphatic carbocycles. The van der Waals surface area contributed by atoms with Gasteiger partial charge in [0.25, 0.3) is 11.8 Å². The van der Waals surface area contributed by atoms with Crippen molar-refractivity contribution in [2.45, 2.75) is 13.0 Å². The van der Waals surface area contributed by atoms with Crippen molar-refractivity contribution < 1.29 is 14.4 Å². The van der Waals surface area contributed by atoms with E-state index in [1.165, 1.54) is 0 Å². The van der Waals surface area contributed by atoms with Crippen molar-refractivity contribution in [1.82, 2.24) is 15.2 Å². The number of pyridine rings is 1. The number of carbonyl (C=O) groups is 3. The minimum Gasteiger partial charge on any atom is -0.352 e. The van der Waals surface area contributed by atoms with Gasteiger partial charge in [-0.2, -0.15) is 0 Å². The summed E-state index contributed by atoms with van der Waals surface area (Å²) in [6.07, 6.45) is 3.37. The Morgan fingerprint density at radius 1 is 0.926 bits per heavy atom. The van der Waals surface area contributed by atoms with E-state index in [4.69, 9.17) is 0 Å². The fraction of sp³-hybridized carbons (Fsp3) is 0.143. The van der Waals surface area contributed by atoms with Crippen LogP contribution >= 0.6 is 0 Å². The van der Waals surface area contributed by atoms with Crippen molar-refractivity contribution in [3.8, 4) is 0 Å². The van der Waals surface area contributed by atoms with Gasteiger partial charge in [0.15, 0.2) is 0 Å². The van der Waals surface area contributed by atoms with Crippen LogP contribution in [-0.4, -0.2) is 34.2 Å². The van der Waals surface area contributed by atoms with Crippen LogP contribution < -0.4 is 5.32 Å². The third-order valence-corrected chi connectivity index (χ3v) is 4.66. The summed E-state index contributed by atoms with van der Waals surface area (Å²) in [5.41, 5.74) is 1.93. The monoisotopic (exact) mass is 359 g/mol. The maximum absolute atomic E-state index is 12.8. The van der Waals surface area contributed by atoms with E-state index >= 15 is 0 Å². The van der Waals surface area contributed by atoms with Crippen LogP contribution in [0.1, 0.15) is 32.7 Å². The highest BCUT2D eigenvalue weighted by Gasteiger charge is 2.32. The van der Waals surface area contributed by atoms with Crippen molar-refractivity contribution in [3.05, 3.63) is 77.6 Å². The minimum atomic E-state index is -0.355. The Kier molecular flexibility index (Phi) is 4.38. The lowest BCUT2D eigenvalue weighted by Crippen LogP contribution is -2.42. The first kappa shape index (κ1) is 16.9. The van der Waals surface area contributed by atoms with E-state index in [-0.39, 0.29) is 30.7 Å². The molecule has 134 valence electrons. The van der Waals surface area contributed by atoms with Gasteiger partial charge in [-0.15, -0.1) is 0 Å². The largest absolute Gasteiger partial charge is 0.352 e. The molecule has 0 atom stereocenters. The highest BCUT2D eigenvalue weighted by atomic mass is 16.2. The number of amides is 3. The summed E-state index contributed by atoms with van der Waals surface area (Å²) in [7, 11) is 0. The number of benzene rings is 2. The van der Waals surface area contributed by atoms with E-state index in [1.54, 1.807) is 36.7 Å². The Bertz CT molecular complexity index is 996. The normalized spacial score (nSPS) is 13.1. The van der Waals surface area contributed by atoms with Gasteiger partial charge in [0, 0.05) is 48.4 Å². The summed E-state index contributed by atoms with van der Waals surface area (Å²) >= 11 is 0. The van der Waals surface area contributed by atoms with Gasteiger partial charge < -0.3 is 5.32 Å². The van der Waals surface area contributed by atoms with Gasteiger partial charge in [-0.25, -0.2) is 0 Å². The summed E-state index contributed by atoms with van der Waals surface area (Å²) < 4.78 is 0. The summed E-state index contributed by atoms with van der Waals surface area (Å²) in [6.45, 7) is 0.427. The predicted octanol–water partition coefficient (Wildman–Crippen LogP) is 2.54. The van der Waals surface area contributed by atoms with Crippen LogP contribution in [0.2, 0.25) is 0 Å². The second kappa shape index (κ2) is 6.99. The maximum atomic E-state index is 12.8. The Labute approximate surface area is 155 Å². The number of nitrogens with zero attached hydrogens (tertiary/aromatic N) is 2. The van der Waals surface area contributed by atoms with Gasteiger partial charge in [-0.1, -0.05) is 24.3 Å². The molecule has 6 nitrogen and oxygen atoms in total. The first-order valence-electron chi connectivity index (χ1n) is 8.68. The third kappa shape index (κ3) is 3.17. The van der Waals surface area contributed by atoms with Crippen LogP contribution in [0.5, 0.6) is 0 Å². The summed E-state index contributed by atoms with van der Waals surface area (Å²) in [5.74, 6) is -0.929. The van der Waals surface area contributed by atoms with Crippen molar-refractivity contribution in [3.63, 3.8) is 0 Å². The molecule has 0 unspecified atom stereocenters. The predicted molar refractivity (Wildman–Crippen MR) is 100 cm³/mol. The molecule has 27 heavy (non-hydrogen) atoms. The first-order chi connectivity index (χ1) is 13.1. The van der Waals surface area contributed by atoms with Gasteiger partial charge in [-0.3, -0.25) is 24.3 Å². The van der Waals surface area contributed by atoms with Crippen molar-refractivity contribution >= 4 is 28.5 Å². The lowest BCUT2D eigenvalue weighted by atomic mass is 9.94. The minimum absolute atomic E-state index is 0.0462. The molecule has 6 heteroatoms. The Hall–Kier alpha value is -3.54. The summed E-state index contributed by atoms with van der Waals surface area (Å²) in [4.78, 5) is 42.8. The van der Waals surface area contributed by atoms with E-state index in [1.807, 2.05) is 24.3 Å². The molecule has 0 bridgehead atoms. The number of rotatable bonds is 5. The second-order valence-corrected chi connectivity index (χ2v) is 6.35. The molecule has 3 aromatic rings. The van der Waals surface area contributed by atoms with E-state index in [0.29, 0.717) is 23.1 Å². The number of carbonyl (C=O) groups excluding carboxylic acids is 3. The smallest absolute Gasteiger partial charge is 0.261 e. The molecule has 4 rings (SSSR count). The highest BCUT2D eigenvalue weighted by molar-refractivity contribution is 6.25. The number of aromatic nitrogens is 1. The Morgan fingerprint density at radius 2 is 1.56 bits per heavy atom. The standard InChI is InChI=1S/C21H17N3O3/c25-18(23-13-14-7-10-22-11-8-14)9-12-24-20(26)16-5-1-3-15-4-2-6-17(19(15)16)21(24)27/h1-8,10-11H,9,12-13H2,(H,23,25). The third-order valence-electron chi connectivity index (χ3n) is 4.66. The molecule has 0 spiro atoms. The number of nitrogens with one attached hydrogen (secondary N) is 1. The molecule has 1 aliphatic heterocycles. The maximum Gasteiger partial charge on any atom is 0.261 e. The number of imide groups is 1. The average molecular weight is 359 g/mol. The van der Waals surface area contributed by atoms with E-state index < -0.39 is 0 Å². The lowest BCUT2D eigenvalue weighted by molar-refractivity contribution is -0.121. The molecule has 2 aromatic carbocycles. The molecule has 0 saturated heterocycles. The number of hydrogen-bond acceptors (Lipinski definition) is 4. The molecule has 1 N–H and O–H groups in total. The molecule has 2 heterocycles. The fourth-order valence-electron chi connectivity index (χ4n) is 3.29. The average Bonchev–Trinajstić information content (AvgIpc) is 2.71.